The Morgan fingerprint density at radius 2 is 1.93 bits per heavy atom. The second-order valence-corrected chi connectivity index (χ2v) is 6.45. The van der Waals surface area contributed by atoms with E-state index in [1.54, 1.807) is 18.2 Å². The molecule has 6 nitrogen and oxygen atoms in total. The summed E-state index contributed by atoms with van der Waals surface area (Å²) in [6.07, 6.45) is 1.37. The third kappa shape index (κ3) is 6.52. The fraction of sp³-hybridized carbons (Fsp3) is 0.150. The summed E-state index contributed by atoms with van der Waals surface area (Å²) >= 11 is 0.398. The van der Waals surface area contributed by atoms with E-state index in [4.69, 9.17) is 14.7 Å². The molecule has 148 valence electrons. The van der Waals surface area contributed by atoms with Gasteiger partial charge in [-0.2, -0.15) is 19.3 Å². The van der Waals surface area contributed by atoms with E-state index >= 15 is 0 Å². The number of hydrogen-bond acceptors (Lipinski definition) is 6. The van der Waals surface area contributed by atoms with Crippen molar-refractivity contribution >= 4 is 29.4 Å². The number of methoxy groups -OCH3 is 1. The molecule has 2 rings (SSSR count). The molecule has 0 heterocycles. The van der Waals surface area contributed by atoms with Gasteiger partial charge in [-0.15, -0.1) is 0 Å². The summed E-state index contributed by atoms with van der Waals surface area (Å²) in [6, 6.07) is 14.3. The number of rotatable bonds is 8. The summed E-state index contributed by atoms with van der Waals surface area (Å²) < 4.78 is 35.1. The van der Waals surface area contributed by atoms with Crippen molar-refractivity contribution in [1.82, 2.24) is 0 Å². The van der Waals surface area contributed by atoms with Crippen LogP contribution in [0, 0.1) is 22.7 Å². The Morgan fingerprint density at radius 1 is 1.21 bits per heavy atom. The summed E-state index contributed by atoms with van der Waals surface area (Å²) in [7, 11) is 1.43. The number of nitrogens with zero attached hydrogens (tertiary/aromatic N) is 2. The van der Waals surface area contributed by atoms with Crippen LogP contribution >= 0.6 is 11.8 Å². The van der Waals surface area contributed by atoms with Crippen LogP contribution in [0.3, 0.4) is 0 Å². The van der Waals surface area contributed by atoms with Gasteiger partial charge in [-0.05, 0) is 48.0 Å². The molecule has 0 bridgehead atoms. The van der Waals surface area contributed by atoms with Crippen LogP contribution in [-0.2, 0) is 4.79 Å². The normalized spacial score (nSPS) is 10.8. The highest BCUT2D eigenvalue weighted by Gasteiger charge is 2.12. The second-order valence-electron chi connectivity index (χ2n) is 5.38. The first-order chi connectivity index (χ1) is 14.0. The van der Waals surface area contributed by atoms with E-state index in [1.165, 1.54) is 37.5 Å². The molecule has 0 atom stereocenters. The number of nitrogens with one attached hydrogen (secondary N) is 1. The molecular formula is C20H15F2N3O3S. The van der Waals surface area contributed by atoms with Crippen molar-refractivity contribution in [2.24, 2.45) is 0 Å². The largest absolute Gasteiger partial charge is 0.493 e. The molecule has 0 spiro atoms. The smallest absolute Gasteiger partial charge is 0.288 e. The molecule has 9 heteroatoms. The van der Waals surface area contributed by atoms with Crippen molar-refractivity contribution in [2.45, 2.75) is 10.7 Å². The van der Waals surface area contributed by atoms with E-state index in [0.29, 0.717) is 39.4 Å². The number of thioether (sulfide) groups is 1. The van der Waals surface area contributed by atoms with Gasteiger partial charge in [0.2, 0.25) is 0 Å². The maximum Gasteiger partial charge on any atom is 0.288 e. The van der Waals surface area contributed by atoms with Crippen LogP contribution in [0.1, 0.15) is 5.56 Å². The number of hydrogen-bond donors (Lipinski definition) is 1. The van der Waals surface area contributed by atoms with Gasteiger partial charge in [-0.3, -0.25) is 4.79 Å². The number of benzene rings is 2. The third-order valence-corrected chi connectivity index (χ3v) is 4.22. The van der Waals surface area contributed by atoms with Crippen LogP contribution in [0.5, 0.6) is 11.5 Å². The van der Waals surface area contributed by atoms with E-state index < -0.39 is 11.7 Å². The lowest BCUT2D eigenvalue weighted by Crippen LogP contribution is -2.13. The zero-order valence-corrected chi connectivity index (χ0v) is 16.0. The zero-order chi connectivity index (χ0) is 21.2. The molecular weight excluding hydrogens is 400 g/mol. The predicted molar refractivity (Wildman–Crippen MR) is 105 cm³/mol. The zero-order valence-electron chi connectivity index (χ0n) is 15.2. The molecule has 1 amide bonds. The van der Waals surface area contributed by atoms with Crippen molar-refractivity contribution in [1.29, 1.82) is 10.5 Å². The number of nitriles is 2. The summed E-state index contributed by atoms with van der Waals surface area (Å²) in [6.45, 7) is -0.147. The maximum atomic E-state index is 12.4. The molecule has 0 aliphatic rings. The monoisotopic (exact) mass is 415 g/mol. The SMILES string of the molecule is COc1cc(/C=C(\C#N)C(=O)Nc2ccc(SC(F)F)cc2)ccc1OCC#N. The summed E-state index contributed by atoms with van der Waals surface area (Å²) in [5.41, 5.74) is 0.720. The Balaban J connectivity index is 2.15. The van der Waals surface area contributed by atoms with Gasteiger partial charge in [0.25, 0.3) is 11.7 Å². The van der Waals surface area contributed by atoms with E-state index in [2.05, 4.69) is 5.32 Å². The molecule has 0 radical (unpaired) electrons. The number of alkyl halides is 2. The van der Waals surface area contributed by atoms with Crippen LogP contribution in [0.25, 0.3) is 6.08 Å². The van der Waals surface area contributed by atoms with E-state index in [9.17, 15) is 18.8 Å². The topological polar surface area (TPSA) is 95.1 Å². The fourth-order valence-electron chi connectivity index (χ4n) is 2.24. The van der Waals surface area contributed by atoms with Crippen LogP contribution in [0.4, 0.5) is 14.5 Å². The maximum absolute atomic E-state index is 12.4. The fourth-order valence-corrected chi connectivity index (χ4v) is 2.74. The number of halogens is 2. The highest BCUT2D eigenvalue weighted by atomic mass is 32.2. The number of carbonyl (C=O) groups excluding carboxylic acids is 1. The van der Waals surface area contributed by atoms with Crippen molar-refractivity contribution < 1.29 is 23.0 Å². The Kier molecular flexibility index (Phi) is 8.01. The lowest BCUT2D eigenvalue weighted by molar-refractivity contribution is -0.112. The van der Waals surface area contributed by atoms with Crippen LogP contribution in [0.2, 0.25) is 0 Å². The Hall–Kier alpha value is -3.56. The van der Waals surface area contributed by atoms with Gasteiger partial charge in [0.1, 0.15) is 17.7 Å². The van der Waals surface area contributed by atoms with Gasteiger partial charge in [-0.25, -0.2) is 0 Å². The first-order valence-corrected chi connectivity index (χ1v) is 9.00. The minimum absolute atomic E-state index is 0.147. The number of ether oxygens (including phenoxy) is 2. The molecule has 0 saturated carbocycles. The lowest BCUT2D eigenvalue weighted by atomic mass is 10.1. The Labute approximate surface area is 170 Å². The van der Waals surface area contributed by atoms with Crippen molar-refractivity contribution in [2.75, 3.05) is 19.0 Å². The van der Waals surface area contributed by atoms with Crippen LogP contribution < -0.4 is 14.8 Å². The quantitative estimate of drug-likeness (QED) is 0.389. The molecule has 0 saturated heterocycles. The van der Waals surface area contributed by atoms with Gasteiger partial charge in [0, 0.05) is 10.6 Å². The first-order valence-electron chi connectivity index (χ1n) is 8.12. The standard InChI is InChI=1S/C20H15F2N3O3S/c1-27-18-11-13(2-7-17(18)28-9-8-23)10-14(12-24)19(26)25-15-3-5-16(6-4-15)29-20(21)22/h2-7,10-11,20H,9H2,1H3,(H,25,26)/b14-10+. The highest BCUT2D eigenvalue weighted by molar-refractivity contribution is 7.99. The third-order valence-electron chi connectivity index (χ3n) is 3.49. The summed E-state index contributed by atoms with van der Waals surface area (Å²) in [4.78, 5) is 12.7. The van der Waals surface area contributed by atoms with E-state index in [-0.39, 0.29) is 12.2 Å². The molecule has 0 aromatic heterocycles. The minimum Gasteiger partial charge on any atom is -0.493 e. The van der Waals surface area contributed by atoms with Crippen LogP contribution in [0.15, 0.2) is 52.9 Å². The summed E-state index contributed by atoms with van der Waals surface area (Å²) in [5, 5.41) is 20.5. The molecule has 2 aromatic carbocycles. The molecule has 0 fully saturated rings. The Bertz CT molecular complexity index is 980. The first kappa shape index (κ1) is 21.7. The highest BCUT2D eigenvalue weighted by Crippen LogP contribution is 2.29. The molecule has 2 aromatic rings. The molecule has 29 heavy (non-hydrogen) atoms. The van der Waals surface area contributed by atoms with Gasteiger partial charge in [0.15, 0.2) is 18.1 Å². The van der Waals surface area contributed by atoms with Crippen molar-refractivity contribution in [3.8, 4) is 23.6 Å². The van der Waals surface area contributed by atoms with Gasteiger partial charge in [-0.1, -0.05) is 17.8 Å². The van der Waals surface area contributed by atoms with Gasteiger partial charge in [0.05, 0.1) is 7.11 Å². The average molecular weight is 415 g/mol. The number of anilines is 1. The average Bonchev–Trinajstić information content (AvgIpc) is 2.71. The summed E-state index contributed by atoms with van der Waals surface area (Å²) in [5.74, 6) is -2.47. The lowest BCUT2D eigenvalue weighted by Gasteiger charge is -2.09. The minimum atomic E-state index is -2.53. The molecule has 0 unspecified atom stereocenters. The van der Waals surface area contributed by atoms with Gasteiger partial charge < -0.3 is 14.8 Å². The molecule has 0 aliphatic carbocycles. The molecule has 0 aliphatic heterocycles. The van der Waals surface area contributed by atoms with Crippen molar-refractivity contribution in [3.63, 3.8) is 0 Å². The van der Waals surface area contributed by atoms with E-state index in [1.807, 2.05) is 12.1 Å². The second kappa shape index (κ2) is 10.7. The van der Waals surface area contributed by atoms with Crippen molar-refractivity contribution in [3.05, 3.63) is 53.6 Å². The predicted octanol–water partition coefficient (Wildman–Crippen LogP) is 4.46. The Morgan fingerprint density at radius 3 is 2.52 bits per heavy atom. The van der Waals surface area contributed by atoms with E-state index in [0.717, 1.165) is 0 Å². The van der Waals surface area contributed by atoms with Gasteiger partial charge >= 0.3 is 0 Å². The number of amides is 1. The number of carbonyl (C=O) groups is 1. The van der Waals surface area contributed by atoms with Crippen LogP contribution in [-0.4, -0.2) is 25.4 Å². The molecule has 1 N–H and O–H groups in total.